The lowest BCUT2D eigenvalue weighted by molar-refractivity contribution is 0.0633. The van der Waals surface area contributed by atoms with Crippen molar-refractivity contribution < 1.29 is 29.3 Å². The number of nitrogens with zero attached hydrogens (tertiary/aromatic N) is 1. The average molecular weight is 420 g/mol. The Balaban J connectivity index is 1.90. The van der Waals surface area contributed by atoms with Gasteiger partial charge in [0.25, 0.3) is 0 Å². The zero-order chi connectivity index (χ0) is 22.1. The molecule has 9 nitrogen and oxygen atoms in total. The van der Waals surface area contributed by atoms with E-state index in [-0.39, 0.29) is 28.0 Å². The number of hydrogen-bond donors (Lipinski definition) is 3. The molecule has 156 valence electrons. The lowest BCUT2D eigenvalue weighted by Crippen LogP contribution is -2.20. The molecule has 0 unspecified atom stereocenters. The van der Waals surface area contributed by atoms with E-state index in [2.05, 4.69) is 9.97 Å². The molecule has 0 aliphatic rings. The van der Waals surface area contributed by atoms with Gasteiger partial charge in [-0.05, 0) is 31.2 Å². The number of carbonyl (C=O) groups excluding carboxylic acids is 1. The molecule has 0 fully saturated rings. The number of carboxylic acids is 1. The van der Waals surface area contributed by atoms with Crippen molar-refractivity contribution in [1.29, 1.82) is 0 Å². The molecule has 0 atom stereocenters. The summed E-state index contributed by atoms with van der Waals surface area (Å²) in [5.74, 6) is -2.98. The van der Waals surface area contributed by atoms with E-state index in [9.17, 15) is 24.6 Å². The van der Waals surface area contributed by atoms with Gasteiger partial charge >= 0.3 is 11.9 Å². The van der Waals surface area contributed by atoms with Crippen LogP contribution in [0.5, 0.6) is 11.5 Å². The first kappa shape index (κ1) is 20.0. The Kier molecular flexibility index (Phi) is 5.10. The highest BCUT2D eigenvalue weighted by Gasteiger charge is 2.26. The van der Waals surface area contributed by atoms with E-state index < -0.39 is 30.2 Å². The van der Waals surface area contributed by atoms with Crippen LogP contribution in [0, 0.1) is 6.92 Å². The zero-order valence-corrected chi connectivity index (χ0v) is 16.2. The maximum absolute atomic E-state index is 13.0. The number of aliphatic hydroxyl groups excluding tert-OH is 1. The van der Waals surface area contributed by atoms with Crippen LogP contribution in [0.25, 0.3) is 21.8 Å². The monoisotopic (exact) mass is 420 g/mol. The number of aromatic nitrogens is 2. The van der Waals surface area contributed by atoms with Crippen LogP contribution in [0.3, 0.4) is 0 Å². The maximum atomic E-state index is 13.0. The molecule has 3 N–H and O–H groups in total. The lowest BCUT2D eigenvalue weighted by atomic mass is 10.1. The highest BCUT2D eigenvalue weighted by atomic mass is 16.6. The molecular weight excluding hydrogens is 404 g/mol. The van der Waals surface area contributed by atoms with Crippen LogP contribution in [0.4, 0.5) is 0 Å². The molecule has 4 rings (SSSR count). The van der Waals surface area contributed by atoms with Gasteiger partial charge in [0.1, 0.15) is 5.69 Å². The number of aromatic amines is 1. The van der Waals surface area contributed by atoms with Gasteiger partial charge < -0.3 is 24.7 Å². The fraction of sp³-hybridized carbons (Fsp3) is 0.0909. The molecule has 0 saturated heterocycles. The van der Waals surface area contributed by atoms with Crippen LogP contribution in [-0.4, -0.2) is 38.9 Å². The molecule has 2 heterocycles. The second kappa shape index (κ2) is 7.88. The van der Waals surface area contributed by atoms with E-state index in [0.29, 0.717) is 16.3 Å². The molecule has 4 aromatic rings. The minimum atomic E-state index is -1.43. The molecular formula is C22H16N2O7. The molecule has 0 amide bonds. The molecule has 2 aromatic heterocycles. The predicted molar refractivity (Wildman–Crippen MR) is 111 cm³/mol. The fourth-order valence-electron chi connectivity index (χ4n) is 3.29. The summed E-state index contributed by atoms with van der Waals surface area (Å²) in [7, 11) is 0. The third kappa shape index (κ3) is 3.47. The van der Waals surface area contributed by atoms with Gasteiger partial charge in [-0.2, -0.15) is 0 Å². The number of benzene rings is 2. The Morgan fingerprint density at radius 2 is 1.71 bits per heavy atom. The van der Waals surface area contributed by atoms with Crippen molar-refractivity contribution in [2.75, 3.05) is 6.79 Å². The third-order valence-electron chi connectivity index (χ3n) is 4.76. The molecule has 0 radical (unpaired) electrons. The topological polar surface area (TPSA) is 139 Å². The summed E-state index contributed by atoms with van der Waals surface area (Å²) in [4.78, 5) is 44.3. The van der Waals surface area contributed by atoms with Crippen molar-refractivity contribution in [2.45, 2.75) is 6.92 Å². The zero-order valence-electron chi connectivity index (χ0n) is 16.2. The second-order valence-corrected chi connectivity index (χ2v) is 6.60. The summed E-state index contributed by atoms with van der Waals surface area (Å²) in [6, 6.07) is 13.1. The first-order chi connectivity index (χ1) is 14.9. The minimum Gasteiger partial charge on any atom is -0.476 e. The quantitative estimate of drug-likeness (QED) is 0.331. The van der Waals surface area contributed by atoms with E-state index in [1.165, 1.54) is 6.92 Å². The summed E-state index contributed by atoms with van der Waals surface area (Å²) < 4.78 is 10.6. The molecule has 0 bridgehead atoms. The van der Waals surface area contributed by atoms with Crippen molar-refractivity contribution >= 4 is 33.7 Å². The smallest absolute Gasteiger partial charge is 0.360 e. The van der Waals surface area contributed by atoms with Gasteiger partial charge in [0.05, 0.1) is 5.52 Å². The van der Waals surface area contributed by atoms with Crippen molar-refractivity contribution in [3.8, 4) is 11.5 Å². The Morgan fingerprint density at radius 1 is 1.03 bits per heavy atom. The van der Waals surface area contributed by atoms with Crippen LogP contribution in [0.2, 0.25) is 0 Å². The highest BCUT2D eigenvalue weighted by Crippen LogP contribution is 2.38. The number of pyridine rings is 2. The summed E-state index contributed by atoms with van der Waals surface area (Å²) >= 11 is 0. The summed E-state index contributed by atoms with van der Waals surface area (Å²) in [5, 5.41) is 19.5. The molecule has 0 spiro atoms. The number of H-pyrrole nitrogens is 1. The highest BCUT2D eigenvalue weighted by molar-refractivity contribution is 6.01. The number of carboxylic acid groups (broad SMARTS) is 1. The fourth-order valence-corrected chi connectivity index (χ4v) is 3.29. The standard InChI is InChI=1S/C22H16N2O7/c1-11-16(23-14-8-4-2-6-12(14)18(11)26)22(29)31-19-13-7-3-5-9-15(13)24-17(21(27)28)20(19)30-10-25/h2-9,25H,10H2,1H3,(H,23,26)(H,27,28). The Bertz CT molecular complexity index is 1410. The predicted octanol–water partition coefficient (Wildman–Crippen LogP) is 2.63. The summed E-state index contributed by atoms with van der Waals surface area (Å²) in [6.07, 6.45) is 0. The second-order valence-electron chi connectivity index (χ2n) is 6.60. The molecule has 9 heteroatoms. The lowest BCUT2D eigenvalue weighted by Gasteiger charge is -2.15. The van der Waals surface area contributed by atoms with Crippen molar-refractivity contribution in [3.63, 3.8) is 0 Å². The number of carbonyl (C=O) groups is 2. The Morgan fingerprint density at radius 3 is 2.42 bits per heavy atom. The van der Waals surface area contributed by atoms with E-state index >= 15 is 0 Å². The van der Waals surface area contributed by atoms with Gasteiger partial charge in [-0.15, -0.1) is 0 Å². The van der Waals surface area contributed by atoms with Crippen molar-refractivity contribution in [1.82, 2.24) is 9.97 Å². The maximum Gasteiger partial charge on any atom is 0.360 e. The van der Waals surface area contributed by atoms with Gasteiger partial charge in [-0.25, -0.2) is 14.6 Å². The van der Waals surface area contributed by atoms with Gasteiger partial charge in [0.2, 0.25) is 0 Å². The third-order valence-corrected chi connectivity index (χ3v) is 4.76. The molecule has 31 heavy (non-hydrogen) atoms. The first-order valence-electron chi connectivity index (χ1n) is 9.16. The average Bonchev–Trinajstić information content (AvgIpc) is 2.77. The van der Waals surface area contributed by atoms with E-state index in [0.717, 1.165) is 0 Å². The number of rotatable bonds is 5. The summed E-state index contributed by atoms with van der Waals surface area (Å²) in [6.45, 7) is 0.622. The SMILES string of the molecule is Cc1c(C(=O)Oc2c(OCO)c(C(=O)O)nc3ccccc23)[nH]c2ccccc2c1=O. The largest absolute Gasteiger partial charge is 0.476 e. The number of esters is 1. The van der Waals surface area contributed by atoms with Gasteiger partial charge in [0.15, 0.2) is 29.4 Å². The van der Waals surface area contributed by atoms with E-state index in [4.69, 9.17) is 9.47 Å². The minimum absolute atomic E-state index is 0.0867. The number of ether oxygens (including phenoxy) is 2. The number of hydrogen-bond acceptors (Lipinski definition) is 7. The number of para-hydroxylation sites is 2. The Hall–Kier alpha value is -4.24. The van der Waals surface area contributed by atoms with Crippen LogP contribution >= 0.6 is 0 Å². The van der Waals surface area contributed by atoms with E-state index in [1.54, 1.807) is 48.5 Å². The summed E-state index contributed by atoms with van der Waals surface area (Å²) in [5.41, 5.74) is -0.112. The molecule has 0 aliphatic carbocycles. The van der Waals surface area contributed by atoms with Gasteiger partial charge in [-0.1, -0.05) is 24.3 Å². The van der Waals surface area contributed by atoms with Crippen LogP contribution in [0.15, 0.2) is 53.3 Å². The number of aliphatic hydroxyl groups is 1. The Labute approximate surface area is 174 Å². The number of nitrogens with one attached hydrogen (secondary N) is 1. The van der Waals surface area contributed by atoms with Crippen LogP contribution in [-0.2, 0) is 0 Å². The number of fused-ring (bicyclic) bond motifs is 2. The van der Waals surface area contributed by atoms with Crippen molar-refractivity contribution in [3.05, 3.63) is 75.7 Å². The van der Waals surface area contributed by atoms with E-state index in [1.807, 2.05) is 0 Å². The van der Waals surface area contributed by atoms with Gasteiger partial charge in [-0.3, -0.25) is 4.79 Å². The van der Waals surface area contributed by atoms with Crippen LogP contribution in [0.1, 0.15) is 26.5 Å². The first-order valence-corrected chi connectivity index (χ1v) is 9.16. The molecule has 0 aliphatic heterocycles. The normalized spacial score (nSPS) is 10.9. The number of aromatic carboxylic acids is 1. The van der Waals surface area contributed by atoms with Gasteiger partial charge in [0, 0.05) is 21.9 Å². The van der Waals surface area contributed by atoms with Crippen LogP contribution < -0.4 is 14.9 Å². The molecule has 0 saturated carbocycles. The molecule has 2 aromatic carbocycles. The van der Waals surface area contributed by atoms with Crippen molar-refractivity contribution in [2.24, 2.45) is 0 Å².